The van der Waals surface area contributed by atoms with Crippen molar-refractivity contribution >= 4 is 5.78 Å². The third-order valence-electron chi connectivity index (χ3n) is 3.88. The lowest BCUT2D eigenvalue weighted by molar-refractivity contribution is -0.117. The predicted octanol–water partition coefficient (Wildman–Crippen LogP) is 5.48. The van der Waals surface area contributed by atoms with Crippen LogP contribution in [0.4, 0.5) is 0 Å². The Morgan fingerprint density at radius 2 is 1.64 bits per heavy atom. The number of aryl methyl sites for hydroxylation is 2. The Labute approximate surface area is 136 Å². The first kappa shape index (κ1) is 18.5. The van der Waals surface area contributed by atoms with Gasteiger partial charge >= 0.3 is 0 Å². The molecule has 0 aliphatic carbocycles. The van der Waals surface area contributed by atoms with Crippen molar-refractivity contribution < 1.29 is 4.79 Å². The molecule has 0 radical (unpaired) electrons. The fraction of sp³-hybridized carbons (Fsp3) is 0.571. The van der Waals surface area contributed by atoms with Gasteiger partial charge in [0.25, 0.3) is 0 Å². The molecule has 0 amide bonds. The van der Waals surface area contributed by atoms with Gasteiger partial charge in [0.15, 0.2) is 0 Å². The molecule has 0 saturated carbocycles. The van der Waals surface area contributed by atoms with Crippen molar-refractivity contribution in [1.29, 1.82) is 0 Å². The average molecular weight is 298 g/mol. The lowest BCUT2D eigenvalue weighted by Crippen LogP contribution is -1.99. The van der Waals surface area contributed by atoms with Crippen molar-refractivity contribution in [1.82, 2.24) is 0 Å². The molecule has 1 aromatic carbocycles. The Hall–Kier alpha value is -1.55. The van der Waals surface area contributed by atoms with E-state index in [0.717, 1.165) is 25.7 Å². The standard InChI is InChI=1S/C21H30O/c1-4-6-8-9-17-21-19(13-7-5-2)15-11-16-20(21)14-10-12-18(3)22/h11,15-16H,4-8,10,12-14H2,1-3H3. The van der Waals surface area contributed by atoms with E-state index in [4.69, 9.17) is 0 Å². The van der Waals surface area contributed by atoms with Crippen molar-refractivity contribution in [2.24, 2.45) is 0 Å². The molecule has 1 heteroatoms. The normalized spacial score (nSPS) is 10.1. The zero-order valence-electron chi connectivity index (χ0n) is 14.5. The first-order valence-corrected chi connectivity index (χ1v) is 8.78. The minimum Gasteiger partial charge on any atom is -0.300 e. The highest BCUT2D eigenvalue weighted by Crippen LogP contribution is 2.19. The maximum absolute atomic E-state index is 11.1. The molecule has 0 atom stereocenters. The van der Waals surface area contributed by atoms with Gasteiger partial charge < -0.3 is 4.79 Å². The fourth-order valence-corrected chi connectivity index (χ4v) is 2.54. The smallest absolute Gasteiger partial charge is 0.129 e. The fourth-order valence-electron chi connectivity index (χ4n) is 2.54. The van der Waals surface area contributed by atoms with Gasteiger partial charge in [-0.15, -0.1) is 0 Å². The number of rotatable bonds is 9. The second-order valence-corrected chi connectivity index (χ2v) is 6.02. The van der Waals surface area contributed by atoms with E-state index in [1.807, 2.05) is 0 Å². The summed E-state index contributed by atoms with van der Waals surface area (Å²) in [7, 11) is 0. The lowest BCUT2D eigenvalue weighted by atomic mass is 9.94. The minimum absolute atomic E-state index is 0.276. The Morgan fingerprint density at radius 3 is 2.23 bits per heavy atom. The zero-order valence-corrected chi connectivity index (χ0v) is 14.5. The predicted molar refractivity (Wildman–Crippen MR) is 95.1 cm³/mol. The molecule has 1 nitrogen and oxygen atoms in total. The number of hydrogen-bond donors (Lipinski definition) is 0. The Bertz CT molecular complexity index is 516. The van der Waals surface area contributed by atoms with E-state index >= 15 is 0 Å². The van der Waals surface area contributed by atoms with Crippen molar-refractivity contribution in [3.8, 4) is 11.8 Å². The van der Waals surface area contributed by atoms with E-state index in [0.29, 0.717) is 6.42 Å². The summed E-state index contributed by atoms with van der Waals surface area (Å²) in [5.74, 6) is 7.05. The zero-order chi connectivity index (χ0) is 16.2. The van der Waals surface area contributed by atoms with Gasteiger partial charge in [-0.25, -0.2) is 0 Å². The van der Waals surface area contributed by atoms with Gasteiger partial charge in [0.2, 0.25) is 0 Å². The summed E-state index contributed by atoms with van der Waals surface area (Å²) < 4.78 is 0. The molecule has 0 heterocycles. The number of ketones is 1. The minimum atomic E-state index is 0.276. The summed E-state index contributed by atoms with van der Waals surface area (Å²) in [5.41, 5.74) is 3.93. The van der Waals surface area contributed by atoms with E-state index in [1.54, 1.807) is 6.92 Å². The first-order valence-electron chi connectivity index (χ1n) is 8.78. The van der Waals surface area contributed by atoms with Crippen molar-refractivity contribution in [3.63, 3.8) is 0 Å². The molecule has 1 aromatic rings. The summed E-state index contributed by atoms with van der Waals surface area (Å²) in [6.45, 7) is 6.09. The number of hydrogen-bond acceptors (Lipinski definition) is 1. The molecule has 0 unspecified atom stereocenters. The number of Topliss-reactive ketones (excluding diaryl/α,β-unsaturated/α-hetero) is 1. The van der Waals surface area contributed by atoms with Gasteiger partial charge in [0, 0.05) is 18.4 Å². The Balaban J connectivity index is 2.90. The quantitative estimate of drug-likeness (QED) is 0.435. The third kappa shape index (κ3) is 6.94. The highest BCUT2D eigenvalue weighted by molar-refractivity contribution is 5.75. The van der Waals surface area contributed by atoms with Crippen molar-refractivity contribution in [3.05, 3.63) is 34.9 Å². The molecule has 1 rings (SSSR count). The number of unbranched alkanes of at least 4 members (excludes halogenated alkanes) is 3. The molecule has 0 fully saturated rings. The molecule has 22 heavy (non-hydrogen) atoms. The van der Waals surface area contributed by atoms with Gasteiger partial charge in [-0.1, -0.05) is 56.7 Å². The Morgan fingerprint density at radius 1 is 1.00 bits per heavy atom. The third-order valence-corrected chi connectivity index (χ3v) is 3.88. The van der Waals surface area contributed by atoms with E-state index in [-0.39, 0.29) is 5.78 Å². The summed E-state index contributed by atoms with van der Waals surface area (Å²) >= 11 is 0. The summed E-state index contributed by atoms with van der Waals surface area (Å²) in [5, 5.41) is 0. The van der Waals surface area contributed by atoms with Crippen molar-refractivity contribution in [2.75, 3.05) is 0 Å². The van der Waals surface area contributed by atoms with Gasteiger partial charge in [-0.2, -0.15) is 0 Å². The van der Waals surface area contributed by atoms with Crippen molar-refractivity contribution in [2.45, 2.75) is 78.6 Å². The van der Waals surface area contributed by atoms with Crippen LogP contribution >= 0.6 is 0 Å². The number of benzene rings is 1. The molecule has 0 aliphatic rings. The molecule has 0 bridgehead atoms. The summed E-state index contributed by atoms with van der Waals surface area (Å²) in [4.78, 5) is 11.1. The van der Waals surface area contributed by atoms with Gasteiger partial charge in [-0.3, -0.25) is 0 Å². The molecule has 0 aliphatic heterocycles. The average Bonchev–Trinajstić information content (AvgIpc) is 2.50. The molecule has 120 valence electrons. The van der Waals surface area contributed by atoms with E-state index in [2.05, 4.69) is 43.9 Å². The number of carbonyl (C=O) groups is 1. The maximum Gasteiger partial charge on any atom is 0.129 e. The largest absolute Gasteiger partial charge is 0.300 e. The second kappa shape index (κ2) is 11.1. The highest BCUT2D eigenvalue weighted by Gasteiger charge is 2.06. The van der Waals surface area contributed by atoms with Crippen LogP contribution in [0.3, 0.4) is 0 Å². The van der Waals surface area contributed by atoms with Crippen LogP contribution in [-0.4, -0.2) is 5.78 Å². The maximum atomic E-state index is 11.1. The van der Waals surface area contributed by atoms with Crippen LogP contribution in [0.5, 0.6) is 0 Å². The van der Waals surface area contributed by atoms with E-state index in [1.165, 1.54) is 42.4 Å². The monoisotopic (exact) mass is 298 g/mol. The number of carbonyl (C=O) groups excluding carboxylic acids is 1. The molecular formula is C21H30O. The van der Waals surface area contributed by atoms with Crippen LogP contribution in [0.1, 0.15) is 82.4 Å². The molecule has 0 aromatic heterocycles. The topological polar surface area (TPSA) is 17.1 Å². The van der Waals surface area contributed by atoms with E-state index < -0.39 is 0 Å². The van der Waals surface area contributed by atoms with Gasteiger partial charge in [0.1, 0.15) is 5.78 Å². The van der Waals surface area contributed by atoms with Crippen LogP contribution in [0.25, 0.3) is 0 Å². The van der Waals surface area contributed by atoms with Gasteiger partial charge in [0.05, 0.1) is 0 Å². The van der Waals surface area contributed by atoms with Crippen LogP contribution in [-0.2, 0) is 17.6 Å². The molecule has 0 saturated heterocycles. The molecule has 0 N–H and O–H groups in total. The second-order valence-electron chi connectivity index (χ2n) is 6.02. The van der Waals surface area contributed by atoms with E-state index in [9.17, 15) is 4.79 Å². The van der Waals surface area contributed by atoms with Crippen LogP contribution in [0.2, 0.25) is 0 Å². The van der Waals surface area contributed by atoms with Gasteiger partial charge in [-0.05, 0) is 50.2 Å². The van der Waals surface area contributed by atoms with Crippen LogP contribution < -0.4 is 0 Å². The lowest BCUT2D eigenvalue weighted by Gasteiger charge is -2.10. The molecule has 0 spiro atoms. The highest BCUT2D eigenvalue weighted by atomic mass is 16.1. The molecular weight excluding hydrogens is 268 g/mol. The summed E-state index contributed by atoms with van der Waals surface area (Å²) in [6, 6.07) is 6.54. The summed E-state index contributed by atoms with van der Waals surface area (Å²) in [6.07, 6.45) is 9.41. The first-order chi connectivity index (χ1) is 10.7. The SMILES string of the molecule is CCCCC#Cc1c(CCCC)cccc1CCCC(C)=O. The van der Waals surface area contributed by atoms with Crippen LogP contribution in [0.15, 0.2) is 18.2 Å². The van der Waals surface area contributed by atoms with Crippen LogP contribution in [0, 0.1) is 11.8 Å². The Kier molecular flexibility index (Phi) is 9.31.